The van der Waals surface area contributed by atoms with E-state index in [1.165, 1.54) is 29.3 Å². The number of nitrogens with two attached hydrogens (primary N) is 1. The molecule has 0 radical (unpaired) electrons. The largest absolute Gasteiger partial charge is 0.327 e. The van der Waals surface area contributed by atoms with Crippen LogP contribution in [0.5, 0.6) is 0 Å². The van der Waals surface area contributed by atoms with E-state index in [-0.39, 0.29) is 23.9 Å². The third-order valence-corrected chi connectivity index (χ3v) is 3.91. The van der Waals surface area contributed by atoms with Crippen LogP contribution in [0.2, 0.25) is 0 Å². The Kier molecular flexibility index (Phi) is 3.07. The van der Waals surface area contributed by atoms with Gasteiger partial charge in [0.2, 0.25) is 0 Å². The fourth-order valence-corrected chi connectivity index (χ4v) is 2.78. The second kappa shape index (κ2) is 4.74. The van der Waals surface area contributed by atoms with E-state index in [2.05, 4.69) is 6.07 Å². The Balaban J connectivity index is 1.79. The molecule has 0 heterocycles. The van der Waals surface area contributed by atoms with Gasteiger partial charge in [-0.3, -0.25) is 0 Å². The first-order valence-corrected chi connectivity index (χ1v) is 6.43. The monoisotopic (exact) mass is 259 g/mol. The molecular weight excluding hydrogens is 244 g/mol. The summed E-state index contributed by atoms with van der Waals surface area (Å²) in [6.07, 6.45) is 1.13. The highest BCUT2D eigenvalue weighted by Crippen LogP contribution is 2.37. The number of fused-ring (bicyclic) bond motifs is 1. The quantitative estimate of drug-likeness (QED) is 0.900. The minimum Gasteiger partial charge on any atom is -0.327 e. The van der Waals surface area contributed by atoms with Gasteiger partial charge in [-0.2, -0.15) is 0 Å². The van der Waals surface area contributed by atoms with Gasteiger partial charge in [0, 0.05) is 17.5 Å². The Hall–Kier alpha value is -1.74. The van der Waals surface area contributed by atoms with Crippen molar-refractivity contribution in [2.24, 2.45) is 5.73 Å². The minimum absolute atomic E-state index is 0.0966. The number of rotatable bonds is 3. The second-order valence-corrected chi connectivity index (χ2v) is 5.08. The van der Waals surface area contributed by atoms with Crippen LogP contribution in [0, 0.1) is 11.6 Å². The van der Waals surface area contributed by atoms with Crippen molar-refractivity contribution in [1.82, 2.24) is 0 Å². The van der Waals surface area contributed by atoms with Gasteiger partial charge in [-0.15, -0.1) is 0 Å². The van der Waals surface area contributed by atoms with E-state index in [1.807, 2.05) is 18.2 Å². The summed E-state index contributed by atoms with van der Waals surface area (Å²) in [6.45, 7) is 0. The van der Waals surface area contributed by atoms with Gasteiger partial charge >= 0.3 is 0 Å². The van der Waals surface area contributed by atoms with Crippen molar-refractivity contribution in [3.05, 3.63) is 70.8 Å². The molecule has 2 N–H and O–H groups in total. The fourth-order valence-electron chi connectivity index (χ4n) is 2.78. The number of hydrogen-bond acceptors (Lipinski definition) is 1. The summed E-state index contributed by atoms with van der Waals surface area (Å²) in [5, 5.41) is 0. The van der Waals surface area contributed by atoms with E-state index < -0.39 is 11.6 Å². The first-order valence-electron chi connectivity index (χ1n) is 6.43. The Morgan fingerprint density at radius 1 is 1.05 bits per heavy atom. The first-order chi connectivity index (χ1) is 9.16. The summed E-state index contributed by atoms with van der Waals surface area (Å²) in [6, 6.07) is 11.8. The summed E-state index contributed by atoms with van der Waals surface area (Å²) < 4.78 is 27.2. The SMILES string of the molecule is NC(Cc1c(F)cccc1F)C1Cc2ccccc21. The van der Waals surface area contributed by atoms with Crippen LogP contribution in [0.1, 0.15) is 22.6 Å². The molecular formula is C16H15F2N. The molecule has 98 valence electrons. The second-order valence-electron chi connectivity index (χ2n) is 5.08. The average Bonchev–Trinajstić information content (AvgIpc) is 2.35. The van der Waals surface area contributed by atoms with Gasteiger partial charge in [0.1, 0.15) is 11.6 Å². The van der Waals surface area contributed by atoms with Crippen molar-refractivity contribution >= 4 is 0 Å². The van der Waals surface area contributed by atoms with Crippen LogP contribution in [0.25, 0.3) is 0 Å². The van der Waals surface area contributed by atoms with Gasteiger partial charge < -0.3 is 5.73 Å². The van der Waals surface area contributed by atoms with Crippen LogP contribution in [0.4, 0.5) is 8.78 Å². The molecule has 1 nitrogen and oxygen atoms in total. The lowest BCUT2D eigenvalue weighted by atomic mass is 9.72. The number of benzene rings is 2. The molecule has 0 saturated heterocycles. The maximum atomic E-state index is 13.6. The zero-order valence-corrected chi connectivity index (χ0v) is 10.4. The highest BCUT2D eigenvalue weighted by Gasteiger charge is 2.31. The average molecular weight is 259 g/mol. The molecule has 2 aromatic rings. The minimum atomic E-state index is -0.511. The van der Waals surface area contributed by atoms with Crippen LogP contribution in [-0.4, -0.2) is 6.04 Å². The molecule has 0 saturated carbocycles. The van der Waals surface area contributed by atoms with Gasteiger partial charge in [-0.25, -0.2) is 8.78 Å². The van der Waals surface area contributed by atoms with Gasteiger partial charge in [-0.05, 0) is 36.1 Å². The maximum Gasteiger partial charge on any atom is 0.129 e. The van der Waals surface area contributed by atoms with Crippen LogP contribution in [0.3, 0.4) is 0 Å². The summed E-state index contributed by atoms with van der Waals surface area (Å²) in [5.41, 5.74) is 8.73. The molecule has 1 aliphatic carbocycles. The predicted molar refractivity (Wildman–Crippen MR) is 70.9 cm³/mol. The van der Waals surface area contributed by atoms with E-state index in [0.717, 1.165) is 6.42 Å². The molecule has 0 bridgehead atoms. The Labute approximate surface area is 111 Å². The fraction of sp³-hybridized carbons (Fsp3) is 0.250. The molecule has 2 atom stereocenters. The normalized spacial score (nSPS) is 18.6. The van der Waals surface area contributed by atoms with Gasteiger partial charge in [-0.1, -0.05) is 30.3 Å². The zero-order valence-electron chi connectivity index (χ0n) is 10.4. The van der Waals surface area contributed by atoms with E-state index in [9.17, 15) is 8.78 Å². The van der Waals surface area contributed by atoms with Crippen LogP contribution < -0.4 is 5.73 Å². The Bertz CT molecular complexity index is 589. The zero-order chi connectivity index (χ0) is 13.4. The van der Waals surface area contributed by atoms with E-state index in [1.54, 1.807) is 0 Å². The summed E-state index contributed by atoms with van der Waals surface area (Å²) in [5.74, 6) is -0.818. The third-order valence-electron chi connectivity index (χ3n) is 3.91. The molecule has 2 unspecified atom stereocenters. The molecule has 3 rings (SSSR count). The lowest BCUT2D eigenvalue weighted by Gasteiger charge is -2.34. The van der Waals surface area contributed by atoms with Crippen molar-refractivity contribution in [3.8, 4) is 0 Å². The highest BCUT2D eigenvalue weighted by molar-refractivity contribution is 5.41. The maximum absolute atomic E-state index is 13.6. The lowest BCUT2D eigenvalue weighted by Crippen LogP contribution is -2.37. The Morgan fingerprint density at radius 2 is 1.74 bits per heavy atom. The van der Waals surface area contributed by atoms with Crippen LogP contribution in [0.15, 0.2) is 42.5 Å². The molecule has 3 heteroatoms. The lowest BCUT2D eigenvalue weighted by molar-refractivity contribution is 0.459. The van der Waals surface area contributed by atoms with Crippen molar-refractivity contribution in [2.75, 3.05) is 0 Å². The predicted octanol–water partition coefficient (Wildman–Crippen LogP) is 3.17. The third kappa shape index (κ3) is 2.15. The van der Waals surface area contributed by atoms with Crippen LogP contribution in [-0.2, 0) is 12.8 Å². The van der Waals surface area contributed by atoms with Gasteiger partial charge in [0.15, 0.2) is 0 Å². The number of halogens is 2. The molecule has 0 amide bonds. The summed E-state index contributed by atoms with van der Waals surface area (Å²) >= 11 is 0. The molecule has 0 fully saturated rings. The standard InChI is InChI=1S/C16H15F2N/c17-14-6-3-7-15(18)13(14)9-16(19)12-8-10-4-1-2-5-11(10)12/h1-7,12,16H,8-9,19H2. The van der Waals surface area contributed by atoms with Crippen molar-refractivity contribution in [2.45, 2.75) is 24.8 Å². The van der Waals surface area contributed by atoms with Crippen molar-refractivity contribution in [3.63, 3.8) is 0 Å². The number of hydrogen-bond donors (Lipinski definition) is 1. The highest BCUT2D eigenvalue weighted by atomic mass is 19.1. The topological polar surface area (TPSA) is 26.0 Å². The van der Waals surface area contributed by atoms with Gasteiger partial charge in [0.05, 0.1) is 0 Å². The smallest absolute Gasteiger partial charge is 0.129 e. The van der Waals surface area contributed by atoms with E-state index in [0.29, 0.717) is 0 Å². The first kappa shape index (κ1) is 12.3. The van der Waals surface area contributed by atoms with Crippen molar-refractivity contribution < 1.29 is 8.78 Å². The molecule has 19 heavy (non-hydrogen) atoms. The molecule has 2 aromatic carbocycles. The Morgan fingerprint density at radius 3 is 2.42 bits per heavy atom. The van der Waals surface area contributed by atoms with E-state index >= 15 is 0 Å². The summed E-state index contributed by atoms with van der Waals surface area (Å²) in [7, 11) is 0. The molecule has 0 aromatic heterocycles. The van der Waals surface area contributed by atoms with Crippen molar-refractivity contribution in [1.29, 1.82) is 0 Å². The molecule has 0 spiro atoms. The molecule has 0 aliphatic heterocycles. The van der Waals surface area contributed by atoms with Gasteiger partial charge in [0.25, 0.3) is 0 Å². The molecule has 1 aliphatic rings. The van der Waals surface area contributed by atoms with Crippen LogP contribution >= 0.6 is 0 Å². The summed E-state index contributed by atoms with van der Waals surface area (Å²) in [4.78, 5) is 0. The van der Waals surface area contributed by atoms with E-state index in [4.69, 9.17) is 5.73 Å².